The maximum absolute atomic E-state index is 15.4. The molecule has 1 aromatic rings. The normalized spacial score (nSPS) is 28.7. The molecule has 2 bridgehead atoms. The van der Waals surface area contributed by atoms with E-state index < -0.39 is 17.6 Å². The minimum atomic E-state index is -0.693. The van der Waals surface area contributed by atoms with Crippen LogP contribution in [0.15, 0.2) is 0 Å². The van der Waals surface area contributed by atoms with E-state index in [1.807, 2.05) is 4.90 Å². The first kappa shape index (κ1) is 23.5. The number of fused-ring (bicyclic) bond motifs is 5. The van der Waals surface area contributed by atoms with Gasteiger partial charge in [-0.3, -0.25) is 25.6 Å². The number of hydrazine groups is 1. The molecule has 4 heterocycles. The van der Waals surface area contributed by atoms with E-state index in [2.05, 4.69) is 20.8 Å². The van der Waals surface area contributed by atoms with Gasteiger partial charge in [-0.1, -0.05) is 25.7 Å². The van der Waals surface area contributed by atoms with E-state index in [0.29, 0.717) is 42.3 Å². The van der Waals surface area contributed by atoms with Crippen LogP contribution in [0.3, 0.4) is 0 Å². The summed E-state index contributed by atoms with van der Waals surface area (Å²) in [5.74, 6) is -0.862. The summed E-state index contributed by atoms with van der Waals surface area (Å²) < 4.78 is 21.4. The van der Waals surface area contributed by atoms with Gasteiger partial charge in [-0.15, -0.1) is 0 Å². The second-order valence-corrected chi connectivity index (χ2v) is 10.3. The smallest absolute Gasteiger partial charge is 0.243 e. The fraction of sp³-hybridized carbons (Fsp3) is 0.727. The minimum Gasteiger partial charge on any atom is -0.374 e. The van der Waals surface area contributed by atoms with Crippen molar-refractivity contribution >= 4 is 35.6 Å². The number of halogens is 2. The molecule has 10 nitrogen and oxygen atoms in total. The predicted octanol–water partition coefficient (Wildman–Crippen LogP) is 2.37. The van der Waals surface area contributed by atoms with Gasteiger partial charge >= 0.3 is 0 Å². The molecule has 5 atom stereocenters. The Labute approximate surface area is 202 Å². The molecule has 3 N–H and O–H groups in total. The van der Waals surface area contributed by atoms with Gasteiger partial charge in [0.25, 0.3) is 0 Å². The molecule has 2 unspecified atom stereocenters. The standard InChI is InChI=1S/C22H30ClFN6O4/c23-22-25-19(27-28-21(32)13(8-30(33)11-31)7-12-3-1-2-4-12)18(24)20(26-22)29-9-14-15(10-29)17-6-5-16(14)34-17/h11-17,33H,1-10H2,(H,28,32)(H,25,26,27)/t13-,14-,15+,16?,17?/m1/s1. The van der Waals surface area contributed by atoms with Crippen molar-refractivity contribution in [2.75, 3.05) is 30.0 Å². The number of nitrogens with one attached hydrogen (secondary N) is 2. The first-order valence-corrected chi connectivity index (χ1v) is 12.4. The number of nitrogens with zero attached hydrogens (tertiary/aromatic N) is 4. The van der Waals surface area contributed by atoms with Crippen LogP contribution in [0, 0.1) is 29.5 Å². The SMILES string of the molecule is O=CN(O)C[C@@H](CC1CCCC1)C(=O)NNc1nc(Cl)nc(N2C[C@@H]3C4CCC(O4)[C@@H]3C2)c1F. The quantitative estimate of drug-likeness (QED) is 0.206. The third-order valence-electron chi connectivity index (χ3n) is 7.86. The van der Waals surface area contributed by atoms with Crippen molar-refractivity contribution in [3.05, 3.63) is 11.1 Å². The van der Waals surface area contributed by atoms with Gasteiger partial charge < -0.3 is 9.64 Å². The molecular formula is C22H30ClFN6O4. The molecule has 0 aromatic carbocycles. The Hall–Kier alpha value is -2.24. The summed E-state index contributed by atoms with van der Waals surface area (Å²) in [6.07, 6.45) is 7.56. The van der Waals surface area contributed by atoms with E-state index in [9.17, 15) is 14.8 Å². The van der Waals surface area contributed by atoms with Gasteiger partial charge in [0.05, 0.1) is 24.7 Å². The zero-order valence-corrected chi connectivity index (χ0v) is 19.6. The molecule has 1 aliphatic carbocycles. The number of carbonyl (C=O) groups is 2. The van der Waals surface area contributed by atoms with Gasteiger partial charge in [0.2, 0.25) is 23.4 Å². The molecule has 34 heavy (non-hydrogen) atoms. The van der Waals surface area contributed by atoms with Gasteiger partial charge in [-0.05, 0) is 36.8 Å². The molecule has 3 saturated heterocycles. The highest BCUT2D eigenvalue weighted by Gasteiger charge is 2.53. The number of ether oxygens (including phenoxy) is 1. The fourth-order valence-electron chi connectivity index (χ4n) is 6.24. The summed E-state index contributed by atoms with van der Waals surface area (Å²) in [6, 6.07) is 0. The monoisotopic (exact) mass is 496 g/mol. The Bertz CT molecular complexity index is 917. The zero-order chi connectivity index (χ0) is 23.8. The molecular weight excluding hydrogens is 467 g/mol. The van der Waals surface area contributed by atoms with Crippen molar-refractivity contribution in [3.8, 4) is 0 Å². The summed E-state index contributed by atoms with van der Waals surface area (Å²) in [6.45, 7) is 1.14. The summed E-state index contributed by atoms with van der Waals surface area (Å²) in [5, 5.41) is 9.97. The van der Waals surface area contributed by atoms with Crippen molar-refractivity contribution in [2.45, 2.75) is 57.2 Å². The second kappa shape index (κ2) is 9.79. The minimum absolute atomic E-state index is 0.107. The number of anilines is 2. The van der Waals surface area contributed by atoms with Gasteiger partial charge in [0, 0.05) is 24.9 Å². The highest BCUT2D eigenvalue weighted by molar-refractivity contribution is 6.28. The lowest BCUT2D eigenvalue weighted by molar-refractivity contribution is -0.154. The number of hydrogen-bond acceptors (Lipinski definition) is 8. The fourth-order valence-corrected chi connectivity index (χ4v) is 6.40. The molecule has 1 saturated carbocycles. The van der Waals surface area contributed by atoms with E-state index >= 15 is 4.39 Å². The van der Waals surface area contributed by atoms with E-state index in [4.69, 9.17) is 16.3 Å². The van der Waals surface area contributed by atoms with Crippen molar-refractivity contribution in [2.24, 2.45) is 23.7 Å². The highest BCUT2D eigenvalue weighted by atomic mass is 35.5. The molecule has 12 heteroatoms. The first-order valence-electron chi connectivity index (χ1n) is 12.0. The number of hydrogen-bond donors (Lipinski definition) is 3. The van der Waals surface area contributed by atoms with E-state index in [1.165, 1.54) is 0 Å². The van der Waals surface area contributed by atoms with Gasteiger partial charge in [-0.2, -0.15) is 14.4 Å². The molecule has 186 valence electrons. The molecule has 4 fully saturated rings. The van der Waals surface area contributed by atoms with Crippen molar-refractivity contribution in [3.63, 3.8) is 0 Å². The summed E-state index contributed by atoms with van der Waals surface area (Å²) in [7, 11) is 0. The van der Waals surface area contributed by atoms with Crippen LogP contribution in [0.1, 0.15) is 44.9 Å². The van der Waals surface area contributed by atoms with Gasteiger partial charge in [0.1, 0.15) is 0 Å². The van der Waals surface area contributed by atoms with Crippen molar-refractivity contribution < 1.29 is 23.9 Å². The summed E-state index contributed by atoms with van der Waals surface area (Å²) in [5.41, 5.74) is 5.03. The Morgan fingerprint density at radius 3 is 2.56 bits per heavy atom. The lowest BCUT2D eigenvalue weighted by Crippen LogP contribution is -2.41. The first-order chi connectivity index (χ1) is 16.4. The van der Waals surface area contributed by atoms with E-state index in [0.717, 1.165) is 38.5 Å². The van der Waals surface area contributed by atoms with Crippen molar-refractivity contribution in [1.29, 1.82) is 0 Å². The number of carbonyl (C=O) groups excluding carboxylic acids is 2. The van der Waals surface area contributed by atoms with E-state index in [1.54, 1.807) is 0 Å². The number of aromatic nitrogens is 2. The largest absolute Gasteiger partial charge is 0.374 e. The number of rotatable bonds is 9. The topological polar surface area (TPSA) is 120 Å². The Morgan fingerprint density at radius 1 is 1.24 bits per heavy atom. The maximum atomic E-state index is 15.4. The van der Waals surface area contributed by atoms with Crippen LogP contribution in [0.5, 0.6) is 0 Å². The van der Waals surface area contributed by atoms with Crippen LogP contribution < -0.4 is 15.8 Å². The van der Waals surface area contributed by atoms with Crippen LogP contribution in [-0.2, 0) is 14.3 Å². The molecule has 0 radical (unpaired) electrons. The molecule has 4 aliphatic rings. The number of amides is 2. The lowest BCUT2D eigenvalue weighted by Gasteiger charge is -2.23. The molecule has 3 aliphatic heterocycles. The molecule has 1 aromatic heterocycles. The Kier molecular flexibility index (Phi) is 6.76. The third-order valence-corrected chi connectivity index (χ3v) is 8.02. The third kappa shape index (κ3) is 4.65. The van der Waals surface area contributed by atoms with Gasteiger partial charge in [0.15, 0.2) is 11.6 Å². The average Bonchev–Trinajstić information content (AvgIpc) is 3.61. The predicted molar refractivity (Wildman–Crippen MR) is 120 cm³/mol. The average molecular weight is 497 g/mol. The summed E-state index contributed by atoms with van der Waals surface area (Å²) in [4.78, 5) is 33.7. The van der Waals surface area contributed by atoms with Crippen LogP contribution in [0.4, 0.5) is 16.0 Å². The Morgan fingerprint density at radius 2 is 1.91 bits per heavy atom. The lowest BCUT2D eigenvalue weighted by atomic mass is 9.82. The van der Waals surface area contributed by atoms with Crippen LogP contribution in [-0.4, -0.2) is 64.4 Å². The van der Waals surface area contributed by atoms with Crippen molar-refractivity contribution in [1.82, 2.24) is 20.5 Å². The van der Waals surface area contributed by atoms with Crippen LogP contribution in [0.25, 0.3) is 0 Å². The Balaban J connectivity index is 1.26. The highest BCUT2D eigenvalue weighted by Crippen LogP contribution is 2.48. The molecule has 5 rings (SSSR count). The van der Waals surface area contributed by atoms with Gasteiger partial charge in [-0.25, -0.2) is 5.06 Å². The van der Waals surface area contributed by atoms with Crippen LogP contribution >= 0.6 is 11.6 Å². The number of hydroxylamine groups is 2. The molecule has 2 amide bonds. The van der Waals surface area contributed by atoms with E-state index in [-0.39, 0.29) is 42.1 Å². The maximum Gasteiger partial charge on any atom is 0.243 e. The zero-order valence-electron chi connectivity index (χ0n) is 18.8. The van der Waals surface area contributed by atoms with Crippen LogP contribution in [0.2, 0.25) is 5.28 Å². The second-order valence-electron chi connectivity index (χ2n) is 9.93. The molecule has 0 spiro atoms. The summed E-state index contributed by atoms with van der Waals surface area (Å²) >= 11 is 6.10.